The molecular weight excluding hydrogens is 278 g/mol. The Labute approximate surface area is 112 Å². The molecule has 3 heteroatoms. The Kier molecular flexibility index (Phi) is 5.19. The Morgan fingerprint density at radius 1 is 1.29 bits per heavy atom. The monoisotopic (exact) mass is 297 g/mol. The average Bonchev–Trinajstić information content (AvgIpc) is 2.29. The summed E-state index contributed by atoms with van der Waals surface area (Å²) in [5.74, 6) is 0.108. The minimum absolute atomic E-state index is 0.108. The van der Waals surface area contributed by atoms with Gasteiger partial charge >= 0.3 is 0 Å². The number of alkyl halides is 1. The number of nitrogens with zero attached hydrogens (tertiary/aromatic N) is 1. The fourth-order valence-electron chi connectivity index (χ4n) is 1.59. The number of amides is 1. The number of carbonyl (C=O) groups excluding carboxylic acids is 1. The summed E-state index contributed by atoms with van der Waals surface area (Å²) < 4.78 is -0.517. The molecule has 0 heterocycles. The molecule has 0 fully saturated rings. The summed E-state index contributed by atoms with van der Waals surface area (Å²) in [5.41, 5.74) is 0.971. The van der Waals surface area contributed by atoms with Crippen molar-refractivity contribution in [3.63, 3.8) is 0 Å². The van der Waals surface area contributed by atoms with Gasteiger partial charge in [-0.05, 0) is 32.4 Å². The van der Waals surface area contributed by atoms with Gasteiger partial charge in [-0.25, -0.2) is 0 Å². The zero-order chi connectivity index (χ0) is 12.9. The number of unbranched alkanes of at least 4 members (excludes halogenated alkanes) is 1. The van der Waals surface area contributed by atoms with Crippen molar-refractivity contribution in [1.82, 2.24) is 0 Å². The third-order valence-corrected chi connectivity index (χ3v) is 2.90. The summed E-state index contributed by atoms with van der Waals surface area (Å²) in [6.07, 6.45) is 2.10. The fourth-order valence-corrected chi connectivity index (χ4v) is 1.81. The summed E-state index contributed by atoms with van der Waals surface area (Å²) in [5, 5.41) is 0. The molecule has 0 unspecified atom stereocenters. The number of hydrogen-bond acceptors (Lipinski definition) is 1. The van der Waals surface area contributed by atoms with Crippen LogP contribution in [0.3, 0.4) is 0 Å². The maximum absolute atomic E-state index is 12.4. The van der Waals surface area contributed by atoms with E-state index in [0.717, 1.165) is 25.1 Å². The first kappa shape index (κ1) is 14.2. The lowest BCUT2D eigenvalue weighted by molar-refractivity contribution is -0.120. The number of carbonyl (C=O) groups is 1. The Bertz CT molecular complexity index is 356. The van der Waals surface area contributed by atoms with E-state index in [4.69, 9.17) is 0 Å². The molecule has 0 aliphatic rings. The van der Waals surface area contributed by atoms with Crippen molar-refractivity contribution >= 4 is 27.5 Å². The molecule has 0 radical (unpaired) electrons. The van der Waals surface area contributed by atoms with Crippen LogP contribution in [0.4, 0.5) is 5.69 Å². The lowest BCUT2D eigenvalue weighted by Gasteiger charge is -2.28. The highest BCUT2D eigenvalue weighted by molar-refractivity contribution is 9.10. The van der Waals surface area contributed by atoms with Gasteiger partial charge in [-0.15, -0.1) is 0 Å². The maximum atomic E-state index is 12.4. The van der Waals surface area contributed by atoms with E-state index in [1.165, 1.54) is 0 Å². The highest BCUT2D eigenvalue weighted by atomic mass is 79.9. The Hall–Kier alpha value is -0.830. The van der Waals surface area contributed by atoms with Gasteiger partial charge < -0.3 is 4.90 Å². The van der Waals surface area contributed by atoms with Gasteiger partial charge in [0.05, 0.1) is 4.32 Å². The van der Waals surface area contributed by atoms with Gasteiger partial charge in [0.15, 0.2) is 0 Å². The molecule has 0 N–H and O–H groups in total. The van der Waals surface area contributed by atoms with Crippen LogP contribution in [-0.4, -0.2) is 16.8 Å². The SMILES string of the molecule is CCCCN(C(=O)C(C)(C)Br)c1ccccc1. The van der Waals surface area contributed by atoms with Crippen molar-refractivity contribution < 1.29 is 4.79 Å². The maximum Gasteiger partial charge on any atom is 0.243 e. The standard InChI is InChI=1S/C14H20BrNO/c1-4-5-11-16(13(17)14(2,3)15)12-9-7-6-8-10-12/h6-10H,4-5,11H2,1-3H3. The molecule has 2 nitrogen and oxygen atoms in total. The summed E-state index contributed by atoms with van der Waals surface area (Å²) in [6, 6.07) is 9.84. The fraction of sp³-hybridized carbons (Fsp3) is 0.500. The largest absolute Gasteiger partial charge is 0.311 e. The molecule has 1 amide bonds. The molecular formula is C14H20BrNO. The molecule has 17 heavy (non-hydrogen) atoms. The minimum Gasteiger partial charge on any atom is -0.311 e. The number of rotatable bonds is 5. The van der Waals surface area contributed by atoms with E-state index in [1.807, 2.05) is 49.1 Å². The topological polar surface area (TPSA) is 20.3 Å². The summed E-state index contributed by atoms with van der Waals surface area (Å²) in [6.45, 7) is 6.68. The number of halogens is 1. The van der Waals surface area contributed by atoms with E-state index in [9.17, 15) is 4.79 Å². The molecule has 0 spiro atoms. The van der Waals surface area contributed by atoms with Crippen molar-refractivity contribution in [2.24, 2.45) is 0 Å². The second-order valence-electron chi connectivity index (χ2n) is 4.62. The zero-order valence-electron chi connectivity index (χ0n) is 10.7. The zero-order valence-corrected chi connectivity index (χ0v) is 12.3. The van der Waals surface area contributed by atoms with Crippen LogP contribution in [0, 0.1) is 0 Å². The average molecular weight is 298 g/mol. The molecule has 0 aliphatic carbocycles. The highest BCUT2D eigenvalue weighted by Gasteiger charge is 2.29. The van der Waals surface area contributed by atoms with Crippen LogP contribution in [0.1, 0.15) is 33.6 Å². The molecule has 0 aliphatic heterocycles. The van der Waals surface area contributed by atoms with E-state index >= 15 is 0 Å². The Morgan fingerprint density at radius 3 is 2.35 bits per heavy atom. The molecule has 0 bridgehead atoms. The lowest BCUT2D eigenvalue weighted by atomic mass is 10.1. The second kappa shape index (κ2) is 6.20. The minimum atomic E-state index is -0.517. The quantitative estimate of drug-likeness (QED) is 0.753. The lowest BCUT2D eigenvalue weighted by Crippen LogP contribution is -2.42. The van der Waals surface area contributed by atoms with Crippen molar-refractivity contribution in [2.75, 3.05) is 11.4 Å². The number of anilines is 1. The summed E-state index contributed by atoms with van der Waals surface area (Å²) in [4.78, 5) is 14.2. The first-order valence-corrected chi connectivity index (χ1v) is 6.82. The summed E-state index contributed by atoms with van der Waals surface area (Å²) >= 11 is 3.44. The van der Waals surface area contributed by atoms with Gasteiger partial charge in [0.1, 0.15) is 0 Å². The van der Waals surface area contributed by atoms with Crippen LogP contribution in [0.5, 0.6) is 0 Å². The van der Waals surface area contributed by atoms with Gasteiger partial charge in [-0.2, -0.15) is 0 Å². The first-order valence-electron chi connectivity index (χ1n) is 6.02. The molecule has 0 atom stereocenters. The predicted octanol–water partition coefficient (Wildman–Crippen LogP) is 3.99. The Morgan fingerprint density at radius 2 is 1.88 bits per heavy atom. The number of benzene rings is 1. The van der Waals surface area contributed by atoms with Crippen LogP contribution >= 0.6 is 15.9 Å². The van der Waals surface area contributed by atoms with Crippen LogP contribution in [-0.2, 0) is 4.79 Å². The van der Waals surface area contributed by atoms with E-state index in [0.29, 0.717) is 0 Å². The van der Waals surface area contributed by atoms with Crippen molar-refractivity contribution in [3.8, 4) is 0 Å². The third-order valence-electron chi connectivity index (χ3n) is 2.56. The van der Waals surface area contributed by atoms with Crippen molar-refractivity contribution in [2.45, 2.75) is 37.9 Å². The van der Waals surface area contributed by atoms with Crippen molar-refractivity contribution in [3.05, 3.63) is 30.3 Å². The molecule has 1 aromatic rings. The van der Waals surface area contributed by atoms with E-state index in [1.54, 1.807) is 0 Å². The molecule has 0 aromatic heterocycles. The third kappa shape index (κ3) is 4.15. The van der Waals surface area contributed by atoms with Gasteiger partial charge in [0.2, 0.25) is 5.91 Å². The number of para-hydroxylation sites is 1. The highest BCUT2D eigenvalue weighted by Crippen LogP contribution is 2.24. The van der Waals surface area contributed by atoms with Gasteiger partial charge in [0.25, 0.3) is 0 Å². The molecule has 0 saturated carbocycles. The molecule has 1 aromatic carbocycles. The van der Waals surface area contributed by atoms with Crippen LogP contribution < -0.4 is 4.90 Å². The van der Waals surface area contributed by atoms with E-state index < -0.39 is 4.32 Å². The van der Waals surface area contributed by atoms with Crippen molar-refractivity contribution in [1.29, 1.82) is 0 Å². The summed E-state index contributed by atoms with van der Waals surface area (Å²) in [7, 11) is 0. The molecule has 0 saturated heterocycles. The molecule has 1 rings (SSSR count). The smallest absolute Gasteiger partial charge is 0.243 e. The van der Waals surface area contributed by atoms with Crippen LogP contribution in [0.15, 0.2) is 30.3 Å². The second-order valence-corrected chi connectivity index (χ2v) is 6.60. The van der Waals surface area contributed by atoms with E-state index in [-0.39, 0.29) is 5.91 Å². The van der Waals surface area contributed by atoms with Crippen LogP contribution in [0.2, 0.25) is 0 Å². The van der Waals surface area contributed by atoms with Gasteiger partial charge in [0, 0.05) is 12.2 Å². The first-order chi connectivity index (χ1) is 7.96. The van der Waals surface area contributed by atoms with Gasteiger partial charge in [-0.3, -0.25) is 4.79 Å². The predicted molar refractivity (Wildman–Crippen MR) is 76.7 cm³/mol. The molecule has 94 valence electrons. The Balaban J connectivity index is 2.92. The van der Waals surface area contributed by atoms with Gasteiger partial charge in [-0.1, -0.05) is 47.5 Å². The normalized spacial score (nSPS) is 11.3. The van der Waals surface area contributed by atoms with E-state index in [2.05, 4.69) is 22.9 Å². The number of hydrogen-bond donors (Lipinski definition) is 0. The van der Waals surface area contributed by atoms with Crippen LogP contribution in [0.25, 0.3) is 0 Å².